The van der Waals surface area contributed by atoms with Crippen LogP contribution in [0.25, 0.3) is 0 Å². The number of hydrogen-bond donors (Lipinski definition) is 2. The summed E-state index contributed by atoms with van der Waals surface area (Å²) in [4.78, 5) is 11.5. The molecule has 0 radical (unpaired) electrons. The van der Waals surface area contributed by atoms with Gasteiger partial charge in [0.05, 0.1) is 0 Å². The van der Waals surface area contributed by atoms with Gasteiger partial charge in [-0.2, -0.15) is 0 Å². The lowest BCUT2D eigenvalue weighted by atomic mass is 10.1. The van der Waals surface area contributed by atoms with Crippen LogP contribution in [0.1, 0.15) is 17.2 Å². The third-order valence-corrected chi connectivity index (χ3v) is 3.09. The van der Waals surface area contributed by atoms with E-state index in [1.807, 2.05) is 30.3 Å². The Bertz CT molecular complexity index is 554. The van der Waals surface area contributed by atoms with Crippen LogP contribution in [-0.2, 0) is 11.2 Å². The van der Waals surface area contributed by atoms with Crippen molar-refractivity contribution in [2.24, 2.45) is 5.73 Å². The molecular weight excluding hydrogens is 255 g/mol. The largest absolute Gasteiger partial charge is 0.368 e. The SMILES string of the molecule is NC(=O)[C@@H](NCCc1ccc(F)cc1)c1ccccc1. The van der Waals surface area contributed by atoms with Crippen molar-refractivity contribution in [3.8, 4) is 0 Å². The maximum Gasteiger partial charge on any atom is 0.239 e. The number of carbonyl (C=O) groups is 1. The molecule has 0 aliphatic heterocycles. The minimum atomic E-state index is -0.503. The van der Waals surface area contributed by atoms with Gasteiger partial charge < -0.3 is 11.1 Å². The first kappa shape index (κ1) is 14.2. The highest BCUT2D eigenvalue weighted by molar-refractivity contribution is 5.81. The van der Waals surface area contributed by atoms with E-state index in [-0.39, 0.29) is 5.82 Å². The summed E-state index contributed by atoms with van der Waals surface area (Å²) in [5.41, 5.74) is 7.27. The number of carbonyl (C=O) groups excluding carboxylic acids is 1. The van der Waals surface area contributed by atoms with Gasteiger partial charge in [-0.1, -0.05) is 42.5 Å². The van der Waals surface area contributed by atoms with Crippen molar-refractivity contribution in [3.63, 3.8) is 0 Å². The van der Waals surface area contributed by atoms with Gasteiger partial charge in [0.1, 0.15) is 11.9 Å². The molecule has 104 valence electrons. The van der Waals surface area contributed by atoms with E-state index in [2.05, 4.69) is 5.32 Å². The highest BCUT2D eigenvalue weighted by Gasteiger charge is 2.16. The lowest BCUT2D eigenvalue weighted by molar-refractivity contribution is -0.120. The fraction of sp³-hybridized carbons (Fsp3) is 0.188. The van der Waals surface area contributed by atoms with Crippen molar-refractivity contribution in [1.29, 1.82) is 0 Å². The molecule has 2 aromatic carbocycles. The van der Waals surface area contributed by atoms with E-state index < -0.39 is 11.9 Å². The Morgan fingerprint density at radius 1 is 1.10 bits per heavy atom. The van der Waals surface area contributed by atoms with Crippen molar-refractivity contribution in [2.75, 3.05) is 6.54 Å². The molecule has 1 amide bonds. The second-order valence-electron chi connectivity index (χ2n) is 4.58. The summed E-state index contributed by atoms with van der Waals surface area (Å²) >= 11 is 0. The minimum Gasteiger partial charge on any atom is -0.368 e. The maximum absolute atomic E-state index is 12.8. The van der Waals surface area contributed by atoms with Crippen LogP contribution < -0.4 is 11.1 Å². The fourth-order valence-corrected chi connectivity index (χ4v) is 2.04. The number of nitrogens with one attached hydrogen (secondary N) is 1. The van der Waals surface area contributed by atoms with Crippen LogP contribution in [0.5, 0.6) is 0 Å². The van der Waals surface area contributed by atoms with Crippen LogP contribution in [-0.4, -0.2) is 12.5 Å². The number of halogens is 1. The molecule has 3 N–H and O–H groups in total. The second kappa shape index (κ2) is 6.82. The Morgan fingerprint density at radius 3 is 2.35 bits per heavy atom. The zero-order chi connectivity index (χ0) is 14.4. The Morgan fingerprint density at radius 2 is 1.75 bits per heavy atom. The topological polar surface area (TPSA) is 55.1 Å². The van der Waals surface area contributed by atoms with Crippen LogP contribution in [0.15, 0.2) is 54.6 Å². The average Bonchev–Trinajstić information content (AvgIpc) is 2.46. The fourth-order valence-electron chi connectivity index (χ4n) is 2.04. The predicted molar refractivity (Wildman–Crippen MR) is 76.5 cm³/mol. The van der Waals surface area contributed by atoms with Gasteiger partial charge in [0, 0.05) is 6.54 Å². The summed E-state index contributed by atoms with van der Waals surface area (Å²) < 4.78 is 12.8. The molecule has 0 saturated heterocycles. The first-order valence-corrected chi connectivity index (χ1v) is 6.49. The van der Waals surface area contributed by atoms with Gasteiger partial charge in [-0.25, -0.2) is 4.39 Å². The first-order valence-electron chi connectivity index (χ1n) is 6.49. The smallest absolute Gasteiger partial charge is 0.239 e. The Labute approximate surface area is 117 Å². The molecule has 0 bridgehead atoms. The monoisotopic (exact) mass is 272 g/mol. The van der Waals surface area contributed by atoms with Gasteiger partial charge in [0.15, 0.2) is 0 Å². The van der Waals surface area contributed by atoms with Gasteiger partial charge in [-0.15, -0.1) is 0 Å². The van der Waals surface area contributed by atoms with Crippen LogP contribution in [0.4, 0.5) is 4.39 Å². The van der Waals surface area contributed by atoms with Crippen molar-refractivity contribution < 1.29 is 9.18 Å². The average molecular weight is 272 g/mol. The summed E-state index contributed by atoms with van der Waals surface area (Å²) in [5, 5.41) is 3.13. The summed E-state index contributed by atoms with van der Waals surface area (Å²) in [5.74, 6) is -0.656. The van der Waals surface area contributed by atoms with Gasteiger partial charge in [-0.05, 0) is 29.7 Å². The molecule has 0 spiro atoms. The molecule has 0 aliphatic rings. The number of primary amides is 1. The van der Waals surface area contributed by atoms with Crippen molar-refractivity contribution in [1.82, 2.24) is 5.32 Å². The summed E-state index contributed by atoms with van der Waals surface area (Å²) in [6, 6.07) is 15.2. The Kier molecular flexibility index (Phi) is 4.85. The molecule has 0 aliphatic carbocycles. The summed E-state index contributed by atoms with van der Waals surface area (Å²) in [6.07, 6.45) is 0.705. The molecule has 0 aromatic heterocycles. The Hall–Kier alpha value is -2.20. The minimum absolute atomic E-state index is 0.249. The highest BCUT2D eigenvalue weighted by Crippen LogP contribution is 2.12. The van der Waals surface area contributed by atoms with Crippen LogP contribution in [0.2, 0.25) is 0 Å². The van der Waals surface area contributed by atoms with Crippen molar-refractivity contribution in [3.05, 3.63) is 71.5 Å². The maximum atomic E-state index is 12.8. The third kappa shape index (κ3) is 3.90. The number of nitrogens with two attached hydrogens (primary N) is 1. The predicted octanol–water partition coefficient (Wildman–Crippen LogP) is 2.18. The zero-order valence-electron chi connectivity index (χ0n) is 11.1. The molecule has 3 nitrogen and oxygen atoms in total. The van der Waals surface area contributed by atoms with Gasteiger partial charge >= 0.3 is 0 Å². The number of hydrogen-bond acceptors (Lipinski definition) is 2. The number of benzene rings is 2. The standard InChI is InChI=1S/C16H17FN2O/c17-14-8-6-12(7-9-14)10-11-19-15(16(18)20)13-4-2-1-3-5-13/h1-9,15,19H,10-11H2,(H2,18,20)/t15-/m0/s1. The normalized spacial score (nSPS) is 12.1. The van der Waals surface area contributed by atoms with Crippen molar-refractivity contribution >= 4 is 5.91 Å². The van der Waals surface area contributed by atoms with Crippen molar-refractivity contribution in [2.45, 2.75) is 12.5 Å². The Balaban J connectivity index is 1.93. The molecule has 2 rings (SSSR count). The van der Waals surface area contributed by atoms with Gasteiger partial charge in [-0.3, -0.25) is 4.79 Å². The van der Waals surface area contributed by atoms with E-state index in [1.165, 1.54) is 12.1 Å². The van der Waals surface area contributed by atoms with E-state index >= 15 is 0 Å². The van der Waals surface area contributed by atoms with Gasteiger partial charge in [0.25, 0.3) is 0 Å². The molecule has 0 heterocycles. The first-order chi connectivity index (χ1) is 9.66. The van der Waals surface area contributed by atoms with Gasteiger partial charge in [0.2, 0.25) is 5.91 Å². The molecule has 0 fully saturated rings. The third-order valence-electron chi connectivity index (χ3n) is 3.09. The van der Waals surface area contributed by atoms with Crippen LogP contribution in [0.3, 0.4) is 0 Å². The molecular formula is C16H17FN2O. The quantitative estimate of drug-likeness (QED) is 0.847. The molecule has 4 heteroatoms. The van der Waals surface area contributed by atoms with E-state index in [0.717, 1.165) is 11.1 Å². The van der Waals surface area contributed by atoms with E-state index in [9.17, 15) is 9.18 Å². The van der Waals surface area contributed by atoms with E-state index in [4.69, 9.17) is 5.73 Å². The number of amides is 1. The molecule has 1 atom stereocenters. The zero-order valence-corrected chi connectivity index (χ0v) is 11.1. The molecule has 0 saturated carbocycles. The lowest BCUT2D eigenvalue weighted by Crippen LogP contribution is -2.34. The molecule has 0 unspecified atom stereocenters. The van der Waals surface area contributed by atoms with E-state index in [1.54, 1.807) is 12.1 Å². The van der Waals surface area contributed by atoms with Crippen LogP contribution >= 0.6 is 0 Å². The van der Waals surface area contributed by atoms with E-state index in [0.29, 0.717) is 13.0 Å². The summed E-state index contributed by atoms with van der Waals surface area (Å²) in [7, 11) is 0. The number of rotatable bonds is 6. The lowest BCUT2D eigenvalue weighted by Gasteiger charge is -2.15. The highest BCUT2D eigenvalue weighted by atomic mass is 19.1. The second-order valence-corrected chi connectivity index (χ2v) is 4.58. The summed E-state index contributed by atoms with van der Waals surface area (Å²) in [6.45, 7) is 0.591. The molecule has 2 aromatic rings. The van der Waals surface area contributed by atoms with Crippen LogP contribution in [0, 0.1) is 5.82 Å². The molecule has 20 heavy (non-hydrogen) atoms.